The fraction of sp³-hybridized carbons (Fsp3) is 0.286. The molecule has 1 atom stereocenters. The number of unbranched alkanes of at least 4 members (excludes halogenated alkanes) is 1. The highest BCUT2D eigenvalue weighted by atomic mass is 35.5. The first-order valence-electron chi connectivity index (χ1n) is 12.4. The Morgan fingerprint density at radius 2 is 1.56 bits per heavy atom. The zero-order valence-electron chi connectivity index (χ0n) is 21.6. The highest BCUT2D eigenvalue weighted by Gasteiger charge is 2.33. The number of carbonyl (C=O) groups is 2. The van der Waals surface area contributed by atoms with Crippen molar-refractivity contribution >= 4 is 62.3 Å². The molecule has 0 aliphatic heterocycles. The average molecular weight is 611 g/mol. The Morgan fingerprint density at radius 3 is 2.21 bits per heavy atom. The second-order valence-electron chi connectivity index (χ2n) is 8.89. The maximum atomic E-state index is 13.9. The highest BCUT2D eigenvalue weighted by Crippen LogP contribution is 2.33. The van der Waals surface area contributed by atoms with Crippen molar-refractivity contribution in [3.8, 4) is 0 Å². The van der Waals surface area contributed by atoms with E-state index in [1.54, 1.807) is 49.4 Å². The maximum absolute atomic E-state index is 13.9. The van der Waals surface area contributed by atoms with Crippen LogP contribution in [-0.4, -0.2) is 44.3 Å². The lowest BCUT2D eigenvalue weighted by atomic mass is 10.1. The summed E-state index contributed by atoms with van der Waals surface area (Å²) in [5.41, 5.74) is 0.770. The second-order valence-corrected chi connectivity index (χ2v) is 12.0. The standard InChI is InChI=1S/C28H30Cl3N3O4S/c1-3-4-16-32-28(36)20(2)33(18-21-10-12-22(29)13-11-21)27(35)19-34(26-17-23(30)14-15-25(26)31)39(37,38)24-8-6-5-7-9-24/h5-15,17,20H,3-4,16,18-19H2,1-2H3,(H,32,36)/t20-/m1/s1. The van der Waals surface area contributed by atoms with E-state index in [-0.39, 0.29) is 33.1 Å². The summed E-state index contributed by atoms with van der Waals surface area (Å²) in [4.78, 5) is 28.2. The molecule has 3 aromatic rings. The van der Waals surface area contributed by atoms with E-state index in [1.165, 1.54) is 35.2 Å². The molecule has 0 fully saturated rings. The number of rotatable bonds is 12. The van der Waals surface area contributed by atoms with Gasteiger partial charge in [0, 0.05) is 23.1 Å². The molecule has 0 aromatic heterocycles. The topological polar surface area (TPSA) is 86.8 Å². The summed E-state index contributed by atoms with van der Waals surface area (Å²) in [6.07, 6.45) is 1.69. The summed E-state index contributed by atoms with van der Waals surface area (Å²) >= 11 is 18.6. The molecule has 0 heterocycles. The van der Waals surface area contributed by atoms with Gasteiger partial charge in [-0.15, -0.1) is 0 Å². The summed E-state index contributed by atoms with van der Waals surface area (Å²) in [7, 11) is -4.24. The van der Waals surface area contributed by atoms with E-state index in [9.17, 15) is 18.0 Å². The predicted molar refractivity (Wildman–Crippen MR) is 157 cm³/mol. The van der Waals surface area contributed by atoms with Crippen LogP contribution in [0.3, 0.4) is 0 Å². The third-order valence-electron chi connectivity index (χ3n) is 6.05. The number of benzene rings is 3. The summed E-state index contributed by atoms with van der Waals surface area (Å²) in [5.74, 6) is -0.942. The number of halogens is 3. The fourth-order valence-corrected chi connectivity index (χ4v) is 5.82. The van der Waals surface area contributed by atoms with Crippen LogP contribution in [0.5, 0.6) is 0 Å². The Hall–Kier alpha value is -2.78. The summed E-state index contributed by atoms with van der Waals surface area (Å²) in [5, 5.41) is 3.72. The number of hydrogen-bond acceptors (Lipinski definition) is 4. The van der Waals surface area contributed by atoms with Crippen molar-refractivity contribution in [3.05, 3.63) is 93.4 Å². The molecule has 11 heteroatoms. The van der Waals surface area contributed by atoms with Gasteiger partial charge in [0.15, 0.2) is 0 Å². The Kier molecular flexibility index (Phi) is 11.1. The smallest absolute Gasteiger partial charge is 0.264 e. The van der Waals surface area contributed by atoms with Crippen LogP contribution in [0.4, 0.5) is 5.69 Å². The van der Waals surface area contributed by atoms with Crippen LogP contribution in [0.15, 0.2) is 77.7 Å². The first-order chi connectivity index (χ1) is 18.5. The molecule has 3 aromatic carbocycles. The van der Waals surface area contributed by atoms with E-state index in [2.05, 4.69) is 5.32 Å². The van der Waals surface area contributed by atoms with Crippen LogP contribution >= 0.6 is 34.8 Å². The fourth-order valence-electron chi connectivity index (χ4n) is 3.82. The Bertz CT molecular complexity index is 1390. The third kappa shape index (κ3) is 8.11. The van der Waals surface area contributed by atoms with Crippen molar-refractivity contribution in [2.75, 3.05) is 17.4 Å². The van der Waals surface area contributed by atoms with E-state index < -0.39 is 28.5 Å². The van der Waals surface area contributed by atoms with Crippen molar-refractivity contribution in [2.24, 2.45) is 0 Å². The highest BCUT2D eigenvalue weighted by molar-refractivity contribution is 7.92. The SMILES string of the molecule is CCCCNC(=O)[C@@H](C)N(Cc1ccc(Cl)cc1)C(=O)CN(c1cc(Cl)ccc1Cl)S(=O)(=O)c1ccccc1. The molecule has 39 heavy (non-hydrogen) atoms. The van der Waals surface area contributed by atoms with Crippen molar-refractivity contribution < 1.29 is 18.0 Å². The van der Waals surface area contributed by atoms with Gasteiger partial charge in [-0.3, -0.25) is 13.9 Å². The number of nitrogens with zero attached hydrogens (tertiary/aromatic N) is 2. The minimum Gasteiger partial charge on any atom is -0.354 e. The number of hydrogen-bond donors (Lipinski definition) is 1. The molecule has 0 saturated heterocycles. The van der Waals surface area contributed by atoms with Crippen molar-refractivity contribution in [2.45, 2.75) is 44.2 Å². The van der Waals surface area contributed by atoms with E-state index in [0.29, 0.717) is 11.6 Å². The summed E-state index contributed by atoms with van der Waals surface area (Å²) < 4.78 is 28.5. The lowest BCUT2D eigenvalue weighted by molar-refractivity contribution is -0.139. The molecule has 1 N–H and O–H groups in total. The molecular formula is C28H30Cl3N3O4S. The molecule has 2 amide bonds. The molecule has 7 nitrogen and oxygen atoms in total. The summed E-state index contributed by atoms with van der Waals surface area (Å²) in [6.45, 7) is 3.53. The minimum absolute atomic E-state index is 0.0246. The third-order valence-corrected chi connectivity index (χ3v) is 8.63. The largest absolute Gasteiger partial charge is 0.354 e. The quantitative estimate of drug-likeness (QED) is 0.248. The van der Waals surface area contributed by atoms with E-state index in [4.69, 9.17) is 34.8 Å². The average Bonchev–Trinajstić information content (AvgIpc) is 2.92. The molecule has 0 spiro atoms. The van der Waals surface area contributed by atoms with E-state index in [0.717, 1.165) is 22.7 Å². The van der Waals surface area contributed by atoms with Gasteiger partial charge in [-0.05, 0) is 61.4 Å². The van der Waals surface area contributed by atoms with Crippen LogP contribution in [-0.2, 0) is 26.2 Å². The molecular weight excluding hydrogens is 581 g/mol. The molecule has 0 unspecified atom stereocenters. The van der Waals surface area contributed by atoms with Crippen molar-refractivity contribution in [1.29, 1.82) is 0 Å². The maximum Gasteiger partial charge on any atom is 0.264 e. The normalized spacial score (nSPS) is 12.0. The molecule has 0 saturated carbocycles. The first-order valence-corrected chi connectivity index (χ1v) is 15.0. The van der Waals surface area contributed by atoms with Crippen LogP contribution in [0, 0.1) is 0 Å². The van der Waals surface area contributed by atoms with Gasteiger partial charge < -0.3 is 10.2 Å². The number of anilines is 1. The Balaban J connectivity index is 2.02. The number of amides is 2. The predicted octanol–water partition coefficient (Wildman–Crippen LogP) is 6.18. The van der Waals surface area contributed by atoms with Crippen molar-refractivity contribution in [1.82, 2.24) is 10.2 Å². The van der Waals surface area contributed by atoms with Crippen LogP contribution < -0.4 is 9.62 Å². The molecule has 0 aliphatic carbocycles. The molecule has 0 aliphatic rings. The molecule has 3 rings (SSSR count). The van der Waals surface area contributed by atoms with Gasteiger partial charge in [0.2, 0.25) is 11.8 Å². The Morgan fingerprint density at radius 1 is 0.923 bits per heavy atom. The van der Waals surface area contributed by atoms with Crippen LogP contribution in [0.1, 0.15) is 32.3 Å². The first kappa shape index (κ1) is 30.8. The summed E-state index contributed by atoms with van der Waals surface area (Å²) in [6, 6.07) is 18.1. The lowest BCUT2D eigenvalue weighted by Crippen LogP contribution is -2.51. The Labute approximate surface area is 244 Å². The van der Waals surface area contributed by atoms with Gasteiger partial charge in [-0.1, -0.05) is 78.5 Å². The molecule has 208 valence electrons. The van der Waals surface area contributed by atoms with Gasteiger partial charge in [-0.2, -0.15) is 0 Å². The lowest BCUT2D eigenvalue weighted by Gasteiger charge is -2.32. The zero-order valence-corrected chi connectivity index (χ0v) is 24.7. The van der Waals surface area contributed by atoms with Gasteiger partial charge in [0.1, 0.15) is 12.6 Å². The number of carbonyl (C=O) groups excluding carboxylic acids is 2. The van der Waals surface area contributed by atoms with Crippen molar-refractivity contribution in [3.63, 3.8) is 0 Å². The molecule has 0 radical (unpaired) electrons. The minimum atomic E-state index is -4.24. The van der Waals surface area contributed by atoms with E-state index in [1.807, 2.05) is 6.92 Å². The van der Waals surface area contributed by atoms with Gasteiger partial charge >= 0.3 is 0 Å². The van der Waals surface area contributed by atoms with Crippen LogP contribution in [0.25, 0.3) is 0 Å². The van der Waals surface area contributed by atoms with Crippen LogP contribution in [0.2, 0.25) is 15.1 Å². The van der Waals surface area contributed by atoms with Gasteiger partial charge in [0.25, 0.3) is 10.0 Å². The zero-order chi connectivity index (χ0) is 28.6. The monoisotopic (exact) mass is 609 g/mol. The number of sulfonamides is 1. The van der Waals surface area contributed by atoms with Gasteiger partial charge in [0.05, 0.1) is 15.6 Å². The van der Waals surface area contributed by atoms with Gasteiger partial charge in [-0.25, -0.2) is 8.42 Å². The van der Waals surface area contributed by atoms with E-state index >= 15 is 0 Å². The molecule has 0 bridgehead atoms. The number of nitrogens with one attached hydrogen (secondary N) is 1. The second kappa shape index (κ2) is 14.0.